The predicted molar refractivity (Wildman–Crippen MR) is 78.3 cm³/mol. The lowest BCUT2D eigenvalue weighted by molar-refractivity contribution is -0.644. The zero-order valence-corrected chi connectivity index (χ0v) is 10.8. The van der Waals surface area contributed by atoms with Gasteiger partial charge >= 0.3 is 0 Å². The van der Waals surface area contributed by atoms with Crippen molar-refractivity contribution in [2.45, 2.75) is 0 Å². The van der Waals surface area contributed by atoms with Gasteiger partial charge in [0.05, 0.1) is 5.39 Å². The van der Waals surface area contributed by atoms with Crippen molar-refractivity contribution in [3.05, 3.63) is 72.2 Å². The molecule has 0 spiro atoms. The average molecular weight is 247 g/mol. The minimum absolute atomic E-state index is 1.16. The molecule has 19 heavy (non-hydrogen) atoms. The van der Waals surface area contributed by atoms with E-state index in [2.05, 4.69) is 65.3 Å². The molecule has 0 radical (unpaired) electrons. The van der Waals surface area contributed by atoms with E-state index >= 15 is 0 Å². The van der Waals surface area contributed by atoms with Gasteiger partial charge in [0, 0.05) is 24.5 Å². The van der Waals surface area contributed by atoms with Gasteiger partial charge in [0.15, 0.2) is 6.20 Å². The number of aromatic nitrogens is 2. The summed E-state index contributed by atoms with van der Waals surface area (Å²) in [5.74, 6) is 0. The maximum atomic E-state index is 4.02. The summed E-state index contributed by atoms with van der Waals surface area (Å²) < 4.78 is 2.14. The topological polar surface area (TPSA) is 16.8 Å². The van der Waals surface area contributed by atoms with Gasteiger partial charge in [0.25, 0.3) is 0 Å². The molecule has 92 valence electrons. The Morgan fingerprint density at radius 1 is 0.947 bits per heavy atom. The van der Waals surface area contributed by atoms with Crippen LogP contribution in [-0.4, -0.2) is 4.98 Å². The highest BCUT2D eigenvalue weighted by Crippen LogP contribution is 2.17. The molecule has 0 amide bonds. The Labute approximate surface area is 112 Å². The highest BCUT2D eigenvalue weighted by molar-refractivity contribution is 5.88. The monoisotopic (exact) mass is 247 g/mol. The Hall–Kier alpha value is -2.48. The third-order valence-corrected chi connectivity index (χ3v) is 3.23. The number of hydrogen-bond acceptors (Lipinski definition) is 1. The standard InChI is InChI=1S/C17H15N2/c1-19-13-10-15(16-4-2-3-5-17(16)19)7-6-14-8-11-18-12-9-14/h2-13H,1H3/q+1/b7-6-. The van der Waals surface area contributed by atoms with Crippen LogP contribution >= 0.6 is 0 Å². The van der Waals surface area contributed by atoms with Crippen molar-refractivity contribution in [1.29, 1.82) is 0 Å². The molecule has 0 fully saturated rings. The van der Waals surface area contributed by atoms with Crippen molar-refractivity contribution in [2.75, 3.05) is 0 Å². The molecule has 2 heteroatoms. The van der Waals surface area contributed by atoms with Gasteiger partial charge in [-0.15, -0.1) is 0 Å². The van der Waals surface area contributed by atoms with Crippen molar-refractivity contribution in [3.63, 3.8) is 0 Å². The SMILES string of the molecule is C[n+]1ccc(/C=C\c2ccncc2)c2ccccc21. The summed E-state index contributed by atoms with van der Waals surface area (Å²) in [6.45, 7) is 0. The molecule has 0 aliphatic rings. The molecule has 0 saturated heterocycles. The predicted octanol–water partition coefficient (Wildman–Crippen LogP) is 3.23. The lowest BCUT2D eigenvalue weighted by Gasteiger charge is -2.00. The average Bonchev–Trinajstić information content (AvgIpc) is 2.48. The lowest BCUT2D eigenvalue weighted by Crippen LogP contribution is -2.28. The van der Waals surface area contributed by atoms with E-state index in [9.17, 15) is 0 Å². The Balaban J connectivity index is 2.07. The van der Waals surface area contributed by atoms with Gasteiger partial charge in [0.2, 0.25) is 5.52 Å². The van der Waals surface area contributed by atoms with Crippen LogP contribution in [0.3, 0.4) is 0 Å². The van der Waals surface area contributed by atoms with E-state index in [4.69, 9.17) is 0 Å². The molecule has 0 N–H and O–H groups in total. The van der Waals surface area contributed by atoms with Gasteiger partial charge in [0.1, 0.15) is 7.05 Å². The quantitative estimate of drug-likeness (QED) is 0.635. The third-order valence-electron chi connectivity index (χ3n) is 3.23. The largest absolute Gasteiger partial charge is 0.265 e. The number of aryl methyl sites for hydroxylation is 1. The van der Waals surface area contributed by atoms with Gasteiger partial charge < -0.3 is 0 Å². The van der Waals surface area contributed by atoms with Crippen molar-refractivity contribution < 1.29 is 4.57 Å². The summed E-state index contributed by atoms with van der Waals surface area (Å²) in [5.41, 5.74) is 3.62. The van der Waals surface area contributed by atoms with Crippen LogP contribution in [0.5, 0.6) is 0 Å². The number of para-hydroxylation sites is 1. The molecular formula is C17H15N2+. The van der Waals surface area contributed by atoms with E-state index < -0.39 is 0 Å². The number of pyridine rings is 2. The third kappa shape index (κ3) is 2.38. The maximum Gasteiger partial charge on any atom is 0.212 e. The van der Waals surface area contributed by atoms with Crippen molar-refractivity contribution in [3.8, 4) is 0 Å². The Kier molecular flexibility index (Phi) is 3.07. The molecule has 1 aromatic carbocycles. The molecule has 0 unspecified atom stereocenters. The second-order valence-corrected chi connectivity index (χ2v) is 4.51. The minimum atomic E-state index is 1.16. The smallest absolute Gasteiger partial charge is 0.212 e. The molecule has 2 heterocycles. The maximum absolute atomic E-state index is 4.02. The molecule has 0 atom stereocenters. The van der Waals surface area contributed by atoms with Gasteiger partial charge in [-0.05, 0) is 29.3 Å². The molecule has 0 aliphatic heterocycles. The number of fused-ring (bicyclic) bond motifs is 1. The van der Waals surface area contributed by atoms with Gasteiger partial charge in [-0.1, -0.05) is 24.3 Å². The first-order chi connectivity index (χ1) is 9.34. The summed E-state index contributed by atoms with van der Waals surface area (Å²) in [7, 11) is 2.07. The number of nitrogens with zero attached hydrogens (tertiary/aromatic N) is 2. The van der Waals surface area contributed by atoms with Crippen LogP contribution < -0.4 is 4.57 Å². The van der Waals surface area contributed by atoms with Crippen molar-refractivity contribution in [1.82, 2.24) is 4.98 Å². The van der Waals surface area contributed by atoms with Gasteiger partial charge in [-0.2, -0.15) is 0 Å². The molecule has 0 bridgehead atoms. The Morgan fingerprint density at radius 2 is 1.74 bits per heavy atom. The van der Waals surface area contributed by atoms with Crippen molar-refractivity contribution in [2.24, 2.45) is 7.05 Å². The molecule has 0 saturated carbocycles. The Bertz CT molecular complexity index is 731. The van der Waals surface area contributed by atoms with Crippen LogP contribution in [0.2, 0.25) is 0 Å². The first-order valence-electron chi connectivity index (χ1n) is 6.30. The van der Waals surface area contributed by atoms with Crippen LogP contribution in [0.25, 0.3) is 23.1 Å². The van der Waals surface area contributed by atoms with E-state index in [0.29, 0.717) is 0 Å². The normalized spacial score (nSPS) is 11.2. The minimum Gasteiger partial charge on any atom is -0.265 e. The van der Waals surface area contributed by atoms with Crippen molar-refractivity contribution >= 4 is 23.1 Å². The summed E-state index contributed by atoms with van der Waals surface area (Å²) in [4.78, 5) is 4.02. The fraction of sp³-hybridized carbons (Fsp3) is 0.0588. The van der Waals surface area contributed by atoms with Gasteiger partial charge in [-0.3, -0.25) is 4.98 Å². The number of rotatable bonds is 2. The van der Waals surface area contributed by atoms with Crippen LogP contribution in [0.4, 0.5) is 0 Å². The highest BCUT2D eigenvalue weighted by atomic mass is 14.9. The second-order valence-electron chi connectivity index (χ2n) is 4.51. The Morgan fingerprint density at radius 3 is 2.58 bits per heavy atom. The molecular weight excluding hydrogens is 232 g/mol. The van der Waals surface area contributed by atoms with Crippen LogP contribution in [-0.2, 0) is 7.05 Å². The van der Waals surface area contributed by atoms with E-state index in [1.165, 1.54) is 16.5 Å². The van der Waals surface area contributed by atoms with E-state index in [1.807, 2.05) is 24.5 Å². The molecule has 2 aromatic heterocycles. The fourth-order valence-corrected chi connectivity index (χ4v) is 2.19. The van der Waals surface area contributed by atoms with Gasteiger partial charge in [-0.25, -0.2) is 4.57 Å². The van der Waals surface area contributed by atoms with E-state index in [-0.39, 0.29) is 0 Å². The second kappa shape index (κ2) is 5.02. The van der Waals surface area contributed by atoms with Crippen LogP contribution in [0.1, 0.15) is 11.1 Å². The highest BCUT2D eigenvalue weighted by Gasteiger charge is 2.06. The first-order valence-corrected chi connectivity index (χ1v) is 6.30. The zero-order chi connectivity index (χ0) is 13.1. The van der Waals surface area contributed by atoms with Crippen LogP contribution in [0.15, 0.2) is 61.1 Å². The summed E-state index contributed by atoms with van der Waals surface area (Å²) in [6, 6.07) is 14.6. The first kappa shape index (κ1) is 11.6. The number of benzene rings is 1. The summed E-state index contributed by atoms with van der Waals surface area (Å²) in [5, 5.41) is 1.26. The number of hydrogen-bond donors (Lipinski definition) is 0. The van der Waals surface area contributed by atoms with Crippen LogP contribution in [0, 0.1) is 0 Å². The molecule has 3 aromatic rings. The summed E-state index contributed by atoms with van der Waals surface area (Å²) >= 11 is 0. The zero-order valence-electron chi connectivity index (χ0n) is 10.8. The molecule has 2 nitrogen and oxygen atoms in total. The fourth-order valence-electron chi connectivity index (χ4n) is 2.19. The lowest BCUT2D eigenvalue weighted by atomic mass is 10.1. The molecule has 0 aliphatic carbocycles. The summed E-state index contributed by atoms with van der Waals surface area (Å²) in [6.07, 6.45) is 9.97. The van der Waals surface area contributed by atoms with E-state index in [0.717, 1.165) is 5.56 Å². The molecule has 3 rings (SSSR count). The van der Waals surface area contributed by atoms with E-state index in [1.54, 1.807) is 0 Å².